The van der Waals surface area contributed by atoms with Crippen molar-refractivity contribution in [1.29, 1.82) is 0 Å². The summed E-state index contributed by atoms with van der Waals surface area (Å²) in [7, 11) is 0. The maximum atomic E-state index is 12.3. The van der Waals surface area contributed by atoms with E-state index in [1.54, 1.807) is 24.4 Å². The smallest absolute Gasteiger partial charge is 0.259 e. The quantitative estimate of drug-likeness (QED) is 0.466. The second-order valence-corrected chi connectivity index (χ2v) is 5.45. The van der Waals surface area contributed by atoms with Gasteiger partial charge in [0.25, 0.3) is 11.1 Å². The fourth-order valence-corrected chi connectivity index (χ4v) is 3.29. The van der Waals surface area contributed by atoms with Crippen molar-refractivity contribution in [2.75, 3.05) is 0 Å². The molecule has 0 saturated carbocycles. The second-order valence-electron chi connectivity index (χ2n) is 5.45. The summed E-state index contributed by atoms with van der Waals surface area (Å²) < 4.78 is 0. The normalized spacial score (nSPS) is 12.0. The van der Waals surface area contributed by atoms with Gasteiger partial charge in [0, 0.05) is 22.5 Å². The molecular formula is C17H7N3O3. The van der Waals surface area contributed by atoms with Gasteiger partial charge in [-0.15, -0.1) is 0 Å². The first-order chi connectivity index (χ1) is 11.1. The molecule has 1 aliphatic heterocycles. The van der Waals surface area contributed by atoms with Crippen LogP contribution in [0.1, 0.15) is 0 Å². The monoisotopic (exact) mass is 301 g/mol. The minimum Gasteiger partial charge on any atom is -0.290 e. The third kappa shape index (κ3) is 1.39. The topological polar surface area (TPSA) is 92.8 Å². The van der Waals surface area contributed by atoms with Crippen molar-refractivity contribution < 1.29 is 0 Å². The Morgan fingerprint density at radius 2 is 1.70 bits per heavy atom. The lowest BCUT2D eigenvalue weighted by Gasteiger charge is -2.00. The molecule has 108 valence electrons. The number of aromatic amines is 1. The summed E-state index contributed by atoms with van der Waals surface area (Å²) >= 11 is 0. The summed E-state index contributed by atoms with van der Waals surface area (Å²) in [4.78, 5) is 47.4. The highest BCUT2D eigenvalue weighted by molar-refractivity contribution is 6.27. The number of aromatic nitrogens is 3. The van der Waals surface area contributed by atoms with Gasteiger partial charge in [0.2, 0.25) is 0 Å². The summed E-state index contributed by atoms with van der Waals surface area (Å²) in [6, 6.07) is 7.94. The Morgan fingerprint density at radius 3 is 2.57 bits per heavy atom. The number of fused-ring (bicyclic) bond motifs is 8. The van der Waals surface area contributed by atoms with Gasteiger partial charge in [-0.2, -0.15) is 0 Å². The maximum Gasteiger partial charge on any atom is 0.259 e. The summed E-state index contributed by atoms with van der Waals surface area (Å²) in [6.45, 7) is 0. The SMILES string of the molecule is O=c1ccc2nc3c4ncccc4c4c(=O)[nH]c(=O)c4c3c-2c1. The Balaban J connectivity index is 2.30. The first-order valence-electron chi connectivity index (χ1n) is 6.98. The lowest BCUT2D eigenvalue weighted by molar-refractivity contribution is 1.26. The van der Waals surface area contributed by atoms with Crippen LogP contribution < -0.4 is 16.5 Å². The summed E-state index contributed by atoms with van der Waals surface area (Å²) in [5.74, 6) is 0. The number of nitrogens with zero attached hydrogens (tertiary/aromatic N) is 2. The largest absolute Gasteiger partial charge is 0.290 e. The highest BCUT2D eigenvalue weighted by Gasteiger charge is 2.23. The van der Waals surface area contributed by atoms with E-state index in [-0.39, 0.29) is 10.8 Å². The van der Waals surface area contributed by atoms with Crippen LogP contribution in [0.2, 0.25) is 0 Å². The Morgan fingerprint density at radius 1 is 0.870 bits per heavy atom. The molecule has 0 fully saturated rings. The van der Waals surface area contributed by atoms with E-state index in [4.69, 9.17) is 0 Å². The fraction of sp³-hybridized carbons (Fsp3) is 0. The molecule has 1 aliphatic carbocycles. The molecule has 3 heterocycles. The average molecular weight is 301 g/mol. The van der Waals surface area contributed by atoms with Gasteiger partial charge >= 0.3 is 0 Å². The molecule has 6 heteroatoms. The average Bonchev–Trinajstić information content (AvgIpc) is 3.05. The highest BCUT2D eigenvalue weighted by atomic mass is 16.2. The zero-order valence-corrected chi connectivity index (χ0v) is 11.6. The Labute approximate surface area is 127 Å². The number of hydrogen-bond acceptors (Lipinski definition) is 5. The van der Waals surface area contributed by atoms with Crippen LogP contribution in [0.15, 0.2) is 50.9 Å². The van der Waals surface area contributed by atoms with Crippen LogP contribution in [0.5, 0.6) is 0 Å². The van der Waals surface area contributed by atoms with Crippen molar-refractivity contribution in [2.45, 2.75) is 0 Å². The molecule has 0 amide bonds. The maximum absolute atomic E-state index is 12.3. The summed E-state index contributed by atoms with van der Waals surface area (Å²) in [5.41, 5.74) is 1.17. The van der Waals surface area contributed by atoms with Crippen molar-refractivity contribution >= 4 is 32.6 Å². The van der Waals surface area contributed by atoms with Gasteiger partial charge in [0.05, 0.1) is 27.5 Å². The lowest BCUT2D eigenvalue weighted by atomic mass is 10.0. The van der Waals surface area contributed by atoms with Gasteiger partial charge in [-0.25, -0.2) is 4.98 Å². The van der Waals surface area contributed by atoms with Gasteiger partial charge in [-0.1, -0.05) is 6.07 Å². The van der Waals surface area contributed by atoms with Crippen molar-refractivity contribution in [1.82, 2.24) is 15.0 Å². The van der Waals surface area contributed by atoms with Crippen molar-refractivity contribution in [3.63, 3.8) is 0 Å². The molecule has 6 nitrogen and oxygen atoms in total. The van der Waals surface area contributed by atoms with Crippen LogP contribution in [-0.4, -0.2) is 15.0 Å². The molecule has 1 aromatic carbocycles. The van der Waals surface area contributed by atoms with E-state index in [9.17, 15) is 14.4 Å². The summed E-state index contributed by atoms with van der Waals surface area (Å²) in [6.07, 6.45) is 1.61. The van der Waals surface area contributed by atoms with Crippen molar-refractivity contribution in [2.24, 2.45) is 0 Å². The van der Waals surface area contributed by atoms with Gasteiger partial charge in [0.1, 0.15) is 0 Å². The van der Waals surface area contributed by atoms with Crippen LogP contribution in [0, 0.1) is 0 Å². The number of pyridine rings is 1. The van der Waals surface area contributed by atoms with Crippen molar-refractivity contribution in [3.05, 3.63) is 67.5 Å². The lowest BCUT2D eigenvalue weighted by Crippen LogP contribution is -2.05. The minimum atomic E-state index is -0.466. The third-order valence-electron chi connectivity index (χ3n) is 4.19. The Bertz CT molecular complexity index is 1370. The number of hydrogen-bond donors (Lipinski definition) is 1. The van der Waals surface area contributed by atoms with E-state index in [0.29, 0.717) is 38.4 Å². The molecule has 0 radical (unpaired) electrons. The first kappa shape index (κ1) is 12.2. The Hall–Kier alpha value is -3.41. The van der Waals surface area contributed by atoms with Gasteiger partial charge in [-0.3, -0.25) is 24.4 Å². The minimum absolute atomic E-state index is 0.175. The Kier molecular flexibility index (Phi) is 2.04. The van der Waals surface area contributed by atoms with Crippen molar-refractivity contribution in [3.8, 4) is 11.3 Å². The first-order valence-corrected chi connectivity index (χ1v) is 6.98. The van der Waals surface area contributed by atoms with Gasteiger partial charge in [0.15, 0.2) is 5.43 Å². The van der Waals surface area contributed by atoms with E-state index in [2.05, 4.69) is 15.0 Å². The highest BCUT2D eigenvalue weighted by Crippen LogP contribution is 2.37. The van der Waals surface area contributed by atoms with E-state index in [1.807, 2.05) is 0 Å². The predicted octanol–water partition coefficient (Wildman–Crippen LogP) is 1.33. The van der Waals surface area contributed by atoms with E-state index >= 15 is 0 Å². The number of benzene rings is 2. The number of H-pyrrole nitrogens is 1. The predicted molar refractivity (Wildman–Crippen MR) is 86.7 cm³/mol. The van der Waals surface area contributed by atoms with Gasteiger partial charge in [-0.05, 0) is 24.3 Å². The van der Waals surface area contributed by atoms with E-state index in [1.165, 1.54) is 12.1 Å². The number of rotatable bonds is 0. The zero-order valence-electron chi connectivity index (χ0n) is 11.6. The molecule has 3 aromatic rings. The molecule has 0 bridgehead atoms. The van der Waals surface area contributed by atoms with E-state index < -0.39 is 11.1 Å². The van der Waals surface area contributed by atoms with Crippen LogP contribution in [-0.2, 0) is 0 Å². The molecule has 5 rings (SSSR count). The molecule has 1 N–H and O–H groups in total. The second kappa shape index (κ2) is 3.86. The fourth-order valence-electron chi connectivity index (χ4n) is 3.29. The van der Waals surface area contributed by atoms with Crippen LogP contribution >= 0.6 is 0 Å². The van der Waals surface area contributed by atoms with Gasteiger partial charge < -0.3 is 0 Å². The standard InChI is InChI=1S/C17H7N3O3/c21-7-3-4-10-9(6-7)11-13-12(16(22)20-17(13)23)8-2-1-5-18-14(8)15(11)19-10/h1-6H,(H,20,22,23). The summed E-state index contributed by atoms with van der Waals surface area (Å²) in [5, 5.41) is 1.68. The van der Waals surface area contributed by atoms with E-state index in [0.717, 1.165) is 0 Å². The molecule has 2 aliphatic rings. The molecule has 0 spiro atoms. The zero-order chi connectivity index (χ0) is 15.7. The molecule has 0 unspecified atom stereocenters. The van der Waals surface area contributed by atoms with Crippen LogP contribution in [0.3, 0.4) is 0 Å². The number of nitrogens with one attached hydrogen (secondary N) is 1. The van der Waals surface area contributed by atoms with Crippen LogP contribution in [0.25, 0.3) is 43.8 Å². The third-order valence-corrected chi connectivity index (χ3v) is 4.19. The molecule has 2 aromatic heterocycles. The molecule has 23 heavy (non-hydrogen) atoms. The molecule has 0 atom stereocenters. The molecule has 0 saturated heterocycles. The molecular weight excluding hydrogens is 294 g/mol. The van der Waals surface area contributed by atoms with Crippen LogP contribution in [0.4, 0.5) is 0 Å².